The third kappa shape index (κ3) is 2.91. The number of piperidine rings is 1. The molecule has 1 aliphatic rings. The molecular formula is C15H24N2O. The number of rotatable bonds is 3. The lowest BCUT2D eigenvalue weighted by Gasteiger charge is -2.46. The van der Waals surface area contributed by atoms with Crippen molar-refractivity contribution < 1.29 is 5.11 Å². The van der Waals surface area contributed by atoms with Crippen molar-refractivity contribution in [1.29, 1.82) is 0 Å². The molecule has 1 unspecified atom stereocenters. The first-order valence-electron chi connectivity index (χ1n) is 6.76. The van der Waals surface area contributed by atoms with Gasteiger partial charge in [-0.1, -0.05) is 30.3 Å². The summed E-state index contributed by atoms with van der Waals surface area (Å²) in [6.45, 7) is 5.67. The summed E-state index contributed by atoms with van der Waals surface area (Å²) in [5.74, 6) is 0. The quantitative estimate of drug-likeness (QED) is 0.857. The Hall–Kier alpha value is -0.900. The van der Waals surface area contributed by atoms with Crippen molar-refractivity contribution in [1.82, 2.24) is 4.90 Å². The standard InChI is InChI=1S/C15H24N2O/c1-12-8-15(18,11-16)9-13(2)17(12)10-14-6-4-3-5-7-14/h3-7,12-13,18H,8-11,16H2,1-2H3/t12-,13+,15?. The number of nitrogens with two attached hydrogens (primary N) is 1. The van der Waals surface area contributed by atoms with E-state index in [0.29, 0.717) is 18.6 Å². The van der Waals surface area contributed by atoms with Crippen molar-refractivity contribution >= 4 is 0 Å². The fraction of sp³-hybridized carbons (Fsp3) is 0.600. The van der Waals surface area contributed by atoms with Crippen molar-refractivity contribution in [3.63, 3.8) is 0 Å². The molecule has 3 nitrogen and oxygen atoms in total. The Morgan fingerprint density at radius 2 is 1.78 bits per heavy atom. The second kappa shape index (κ2) is 5.39. The minimum atomic E-state index is -0.675. The summed E-state index contributed by atoms with van der Waals surface area (Å²) in [5, 5.41) is 10.4. The van der Waals surface area contributed by atoms with Gasteiger partial charge in [-0.3, -0.25) is 4.90 Å². The van der Waals surface area contributed by atoms with Crippen LogP contribution in [0.1, 0.15) is 32.3 Å². The first-order valence-corrected chi connectivity index (χ1v) is 6.76. The van der Waals surface area contributed by atoms with Gasteiger partial charge in [0, 0.05) is 25.2 Å². The molecule has 1 heterocycles. The van der Waals surface area contributed by atoms with Gasteiger partial charge in [-0.2, -0.15) is 0 Å². The second-order valence-corrected chi connectivity index (χ2v) is 5.69. The minimum absolute atomic E-state index is 0.362. The van der Waals surface area contributed by atoms with Crippen LogP contribution in [0.3, 0.4) is 0 Å². The van der Waals surface area contributed by atoms with Crippen LogP contribution in [0.4, 0.5) is 0 Å². The molecule has 1 aromatic carbocycles. The van der Waals surface area contributed by atoms with Crippen LogP contribution in [0.15, 0.2) is 30.3 Å². The van der Waals surface area contributed by atoms with Gasteiger partial charge in [-0.05, 0) is 32.3 Å². The van der Waals surface area contributed by atoms with E-state index in [4.69, 9.17) is 5.73 Å². The Kier molecular flexibility index (Phi) is 4.05. The third-order valence-corrected chi connectivity index (χ3v) is 4.07. The Balaban J connectivity index is 2.06. The molecule has 0 aliphatic carbocycles. The van der Waals surface area contributed by atoms with Crippen LogP contribution in [0.25, 0.3) is 0 Å². The first kappa shape index (κ1) is 13.5. The smallest absolute Gasteiger partial charge is 0.0798 e. The van der Waals surface area contributed by atoms with Gasteiger partial charge in [-0.25, -0.2) is 0 Å². The number of likely N-dealkylation sites (tertiary alicyclic amines) is 1. The van der Waals surface area contributed by atoms with E-state index in [9.17, 15) is 5.11 Å². The number of benzene rings is 1. The maximum Gasteiger partial charge on any atom is 0.0798 e. The van der Waals surface area contributed by atoms with Crippen LogP contribution in [-0.4, -0.2) is 34.2 Å². The SMILES string of the molecule is C[C@@H]1CC(O)(CN)C[C@H](C)N1Cc1ccccc1. The average molecular weight is 248 g/mol. The largest absolute Gasteiger partial charge is 0.388 e. The maximum atomic E-state index is 10.4. The molecule has 3 heteroatoms. The highest BCUT2D eigenvalue weighted by Gasteiger charge is 2.39. The van der Waals surface area contributed by atoms with Crippen molar-refractivity contribution in [2.24, 2.45) is 5.73 Å². The van der Waals surface area contributed by atoms with Crippen LogP contribution in [0.2, 0.25) is 0 Å². The monoisotopic (exact) mass is 248 g/mol. The van der Waals surface area contributed by atoms with Crippen LogP contribution in [-0.2, 0) is 6.54 Å². The maximum absolute atomic E-state index is 10.4. The van der Waals surface area contributed by atoms with Gasteiger partial charge in [0.05, 0.1) is 5.60 Å². The minimum Gasteiger partial charge on any atom is -0.388 e. The normalized spacial score (nSPS) is 33.6. The molecule has 3 atom stereocenters. The molecule has 0 bridgehead atoms. The highest BCUT2D eigenvalue weighted by molar-refractivity contribution is 5.15. The lowest BCUT2D eigenvalue weighted by Crippen LogP contribution is -2.56. The Morgan fingerprint density at radius 3 is 2.28 bits per heavy atom. The van der Waals surface area contributed by atoms with E-state index >= 15 is 0 Å². The highest BCUT2D eigenvalue weighted by atomic mass is 16.3. The molecule has 3 N–H and O–H groups in total. The summed E-state index contributed by atoms with van der Waals surface area (Å²) in [4.78, 5) is 2.46. The molecule has 100 valence electrons. The molecule has 1 saturated heterocycles. The predicted molar refractivity (Wildman–Crippen MR) is 74.1 cm³/mol. The van der Waals surface area contributed by atoms with Crippen LogP contribution in [0, 0.1) is 0 Å². The second-order valence-electron chi connectivity index (χ2n) is 5.69. The van der Waals surface area contributed by atoms with Crippen molar-refractivity contribution in [2.75, 3.05) is 6.54 Å². The van der Waals surface area contributed by atoms with Gasteiger partial charge in [0.1, 0.15) is 0 Å². The van der Waals surface area contributed by atoms with Crippen molar-refractivity contribution in [3.05, 3.63) is 35.9 Å². The summed E-state index contributed by atoms with van der Waals surface area (Å²) < 4.78 is 0. The summed E-state index contributed by atoms with van der Waals surface area (Å²) in [6, 6.07) is 11.2. The highest BCUT2D eigenvalue weighted by Crippen LogP contribution is 2.31. The predicted octanol–water partition coefficient (Wildman–Crippen LogP) is 1.75. The van der Waals surface area contributed by atoms with Crippen molar-refractivity contribution in [3.8, 4) is 0 Å². The zero-order valence-electron chi connectivity index (χ0n) is 11.3. The third-order valence-electron chi connectivity index (χ3n) is 4.07. The number of hydrogen-bond acceptors (Lipinski definition) is 3. The van der Waals surface area contributed by atoms with Gasteiger partial charge in [0.15, 0.2) is 0 Å². The Labute approximate surface area is 110 Å². The van der Waals surface area contributed by atoms with E-state index in [2.05, 4.69) is 43.0 Å². The zero-order chi connectivity index (χ0) is 13.2. The Bertz CT molecular complexity index is 367. The molecule has 0 aromatic heterocycles. The molecule has 1 aromatic rings. The first-order chi connectivity index (χ1) is 8.54. The molecule has 1 aliphatic heterocycles. The van der Waals surface area contributed by atoms with E-state index in [1.54, 1.807) is 0 Å². The number of hydrogen-bond donors (Lipinski definition) is 2. The summed E-state index contributed by atoms with van der Waals surface area (Å²) in [7, 11) is 0. The fourth-order valence-corrected chi connectivity index (χ4v) is 3.12. The van der Waals surface area contributed by atoms with E-state index < -0.39 is 5.60 Å². The average Bonchev–Trinajstić information content (AvgIpc) is 2.35. The molecule has 0 amide bonds. The topological polar surface area (TPSA) is 49.5 Å². The molecule has 2 rings (SSSR count). The molecule has 1 fully saturated rings. The van der Waals surface area contributed by atoms with Crippen molar-refractivity contribution in [2.45, 2.75) is 50.9 Å². The summed E-state index contributed by atoms with van der Waals surface area (Å²) >= 11 is 0. The lowest BCUT2D eigenvalue weighted by molar-refractivity contribution is -0.0629. The fourth-order valence-electron chi connectivity index (χ4n) is 3.12. The van der Waals surface area contributed by atoms with E-state index in [1.807, 2.05) is 6.07 Å². The van der Waals surface area contributed by atoms with Gasteiger partial charge in [0.25, 0.3) is 0 Å². The van der Waals surface area contributed by atoms with Gasteiger partial charge < -0.3 is 10.8 Å². The zero-order valence-corrected chi connectivity index (χ0v) is 11.3. The summed E-state index contributed by atoms with van der Waals surface area (Å²) in [5.41, 5.74) is 6.35. The molecular weight excluding hydrogens is 224 g/mol. The van der Waals surface area contributed by atoms with Crippen LogP contribution >= 0.6 is 0 Å². The summed E-state index contributed by atoms with van der Waals surface area (Å²) in [6.07, 6.45) is 1.53. The lowest BCUT2D eigenvalue weighted by atomic mass is 9.83. The van der Waals surface area contributed by atoms with Gasteiger partial charge in [0.2, 0.25) is 0 Å². The molecule has 18 heavy (non-hydrogen) atoms. The Morgan fingerprint density at radius 1 is 1.22 bits per heavy atom. The van der Waals surface area contributed by atoms with Crippen LogP contribution in [0.5, 0.6) is 0 Å². The number of aliphatic hydroxyl groups is 1. The van der Waals surface area contributed by atoms with Crippen LogP contribution < -0.4 is 5.73 Å². The van der Waals surface area contributed by atoms with Gasteiger partial charge >= 0.3 is 0 Å². The molecule has 0 spiro atoms. The van der Waals surface area contributed by atoms with E-state index in [-0.39, 0.29) is 0 Å². The number of nitrogens with zero attached hydrogens (tertiary/aromatic N) is 1. The molecule has 0 saturated carbocycles. The van der Waals surface area contributed by atoms with E-state index in [1.165, 1.54) is 5.56 Å². The van der Waals surface area contributed by atoms with Gasteiger partial charge in [-0.15, -0.1) is 0 Å². The molecule has 0 radical (unpaired) electrons. The van der Waals surface area contributed by atoms with E-state index in [0.717, 1.165) is 19.4 Å².